The fourth-order valence-corrected chi connectivity index (χ4v) is 2.03. The minimum absolute atomic E-state index is 0.0474. The summed E-state index contributed by atoms with van der Waals surface area (Å²) in [5.41, 5.74) is 0.554. The van der Waals surface area contributed by atoms with E-state index >= 15 is 0 Å². The molecule has 4 nitrogen and oxygen atoms in total. The zero-order valence-corrected chi connectivity index (χ0v) is 12.1. The Morgan fingerprint density at radius 2 is 2.11 bits per heavy atom. The molecule has 0 spiro atoms. The highest BCUT2D eigenvalue weighted by atomic mass is 79.9. The molecule has 1 amide bonds. The molecule has 0 saturated heterocycles. The molecule has 0 aliphatic carbocycles. The largest absolute Gasteiger partial charge is 0.481 e. The van der Waals surface area contributed by atoms with Gasteiger partial charge in [0.1, 0.15) is 5.82 Å². The van der Waals surface area contributed by atoms with Crippen molar-refractivity contribution in [2.45, 2.75) is 19.8 Å². The lowest BCUT2D eigenvalue weighted by molar-refractivity contribution is -0.138. The number of nitrogens with zero attached hydrogens (tertiary/aromatic N) is 1. The predicted molar refractivity (Wildman–Crippen MR) is 72.3 cm³/mol. The zero-order valence-electron chi connectivity index (χ0n) is 10.5. The number of amides is 1. The summed E-state index contributed by atoms with van der Waals surface area (Å²) in [6.07, 6.45) is -0.0459. The van der Waals surface area contributed by atoms with Crippen LogP contribution >= 0.6 is 15.9 Å². The van der Waals surface area contributed by atoms with Crippen LogP contribution in [0.1, 0.15) is 18.9 Å². The van der Waals surface area contributed by atoms with Crippen molar-refractivity contribution >= 4 is 27.8 Å². The van der Waals surface area contributed by atoms with E-state index in [9.17, 15) is 14.0 Å². The van der Waals surface area contributed by atoms with E-state index in [2.05, 4.69) is 15.9 Å². The average Bonchev–Trinajstić information content (AvgIpc) is 2.34. The van der Waals surface area contributed by atoms with Gasteiger partial charge in [0.2, 0.25) is 5.91 Å². The van der Waals surface area contributed by atoms with Crippen LogP contribution < -0.4 is 0 Å². The fraction of sp³-hybridized carbons (Fsp3) is 0.385. The molecule has 0 bridgehead atoms. The third-order valence-corrected chi connectivity index (χ3v) is 3.45. The van der Waals surface area contributed by atoms with Gasteiger partial charge in [0.05, 0.1) is 12.8 Å². The van der Waals surface area contributed by atoms with Crippen LogP contribution in [0.2, 0.25) is 0 Å². The number of carbonyl (C=O) groups excluding carboxylic acids is 1. The van der Waals surface area contributed by atoms with Gasteiger partial charge in [0.25, 0.3) is 0 Å². The fourth-order valence-electron chi connectivity index (χ4n) is 1.64. The van der Waals surface area contributed by atoms with Gasteiger partial charge in [-0.15, -0.1) is 0 Å². The van der Waals surface area contributed by atoms with E-state index in [1.165, 1.54) is 17.0 Å². The lowest BCUT2D eigenvalue weighted by Crippen LogP contribution is -2.34. The van der Waals surface area contributed by atoms with E-state index in [0.717, 1.165) is 0 Å². The van der Waals surface area contributed by atoms with Gasteiger partial charge in [0, 0.05) is 17.6 Å². The van der Waals surface area contributed by atoms with E-state index in [4.69, 9.17) is 5.11 Å². The van der Waals surface area contributed by atoms with Gasteiger partial charge in [-0.3, -0.25) is 9.59 Å². The number of hydrogen-bond donors (Lipinski definition) is 1. The van der Waals surface area contributed by atoms with Crippen molar-refractivity contribution in [3.05, 3.63) is 34.1 Å². The van der Waals surface area contributed by atoms with E-state index in [1.807, 2.05) is 0 Å². The second kappa shape index (κ2) is 7.23. The van der Waals surface area contributed by atoms with Crippen LogP contribution in [-0.2, 0) is 16.0 Å². The molecule has 0 unspecified atom stereocenters. The molecular formula is C13H15BrFNO3. The second-order valence-electron chi connectivity index (χ2n) is 4.03. The highest BCUT2D eigenvalue weighted by Gasteiger charge is 2.15. The minimum Gasteiger partial charge on any atom is -0.481 e. The first-order valence-corrected chi connectivity index (χ1v) is 6.66. The van der Waals surface area contributed by atoms with Gasteiger partial charge in [-0.05, 0) is 30.7 Å². The molecule has 0 saturated carbocycles. The number of carbonyl (C=O) groups is 2. The summed E-state index contributed by atoms with van der Waals surface area (Å²) >= 11 is 3.26. The Balaban J connectivity index is 2.71. The van der Waals surface area contributed by atoms with Gasteiger partial charge >= 0.3 is 5.97 Å². The maximum Gasteiger partial charge on any atom is 0.305 e. The van der Waals surface area contributed by atoms with Crippen LogP contribution in [0.3, 0.4) is 0 Å². The highest BCUT2D eigenvalue weighted by molar-refractivity contribution is 9.10. The number of benzene rings is 1. The van der Waals surface area contributed by atoms with Crippen LogP contribution in [0.25, 0.3) is 0 Å². The highest BCUT2D eigenvalue weighted by Crippen LogP contribution is 2.19. The third-order valence-electron chi connectivity index (χ3n) is 2.68. The van der Waals surface area contributed by atoms with Crippen molar-refractivity contribution in [2.24, 2.45) is 0 Å². The Labute approximate surface area is 119 Å². The van der Waals surface area contributed by atoms with E-state index in [1.54, 1.807) is 13.0 Å². The molecule has 104 valence electrons. The predicted octanol–water partition coefficient (Wildman–Crippen LogP) is 2.45. The number of likely N-dealkylation sites (N-methyl/N-ethyl adjacent to an activating group) is 1. The zero-order chi connectivity index (χ0) is 14.4. The molecule has 0 atom stereocenters. The number of rotatable bonds is 6. The van der Waals surface area contributed by atoms with E-state index < -0.39 is 11.8 Å². The van der Waals surface area contributed by atoms with Gasteiger partial charge < -0.3 is 10.0 Å². The van der Waals surface area contributed by atoms with Crippen molar-refractivity contribution in [2.75, 3.05) is 13.1 Å². The van der Waals surface area contributed by atoms with E-state index in [-0.39, 0.29) is 25.3 Å². The SMILES string of the molecule is CCN(CCC(=O)O)C(=O)Cc1cc(F)ccc1Br. The first kappa shape index (κ1) is 15.6. The van der Waals surface area contributed by atoms with Crippen LogP contribution in [0, 0.1) is 5.82 Å². The summed E-state index contributed by atoms with van der Waals surface area (Å²) in [7, 11) is 0. The van der Waals surface area contributed by atoms with Crippen LogP contribution in [0.4, 0.5) is 4.39 Å². The number of hydrogen-bond acceptors (Lipinski definition) is 2. The first-order valence-electron chi connectivity index (χ1n) is 5.87. The summed E-state index contributed by atoms with van der Waals surface area (Å²) < 4.78 is 13.8. The Hall–Kier alpha value is -1.43. The third kappa shape index (κ3) is 4.98. The summed E-state index contributed by atoms with van der Waals surface area (Å²) in [4.78, 5) is 24.0. The second-order valence-corrected chi connectivity index (χ2v) is 4.88. The molecule has 0 aromatic heterocycles. The maximum atomic E-state index is 13.1. The van der Waals surface area contributed by atoms with Crippen molar-refractivity contribution < 1.29 is 19.1 Å². The van der Waals surface area contributed by atoms with Crippen molar-refractivity contribution in [1.29, 1.82) is 0 Å². The van der Waals surface area contributed by atoms with Crippen LogP contribution in [-0.4, -0.2) is 35.0 Å². The monoisotopic (exact) mass is 331 g/mol. The lowest BCUT2D eigenvalue weighted by atomic mass is 10.1. The number of aliphatic carboxylic acids is 1. The normalized spacial score (nSPS) is 10.3. The quantitative estimate of drug-likeness (QED) is 0.871. The van der Waals surface area contributed by atoms with Crippen molar-refractivity contribution in [1.82, 2.24) is 4.90 Å². The molecule has 1 aromatic rings. The minimum atomic E-state index is -0.946. The molecular weight excluding hydrogens is 317 g/mol. The van der Waals surface area contributed by atoms with Crippen LogP contribution in [0.15, 0.2) is 22.7 Å². The molecule has 19 heavy (non-hydrogen) atoms. The van der Waals surface area contributed by atoms with Gasteiger partial charge in [0.15, 0.2) is 0 Å². The first-order chi connectivity index (χ1) is 8.93. The number of carboxylic acids is 1. The topological polar surface area (TPSA) is 57.6 Å². The van der Waals surface area contributed by atoms with Gasteiger partial charge in [-0.25, -0.2) is 4.39 Å². The number of halogens is 2. The Morgan fingerprint density at radius 3 is 2.68 bits per heavy atom. The standard InChI is InChI=1S/C13H15BrFNO3/c1-2-16(6-5-13(18)19)12(17)8-9-7-10(15)3-4-11(9)14/h3-4,7H,2,5-6,8H2,1H3,(H,18,19). The average molecular weight is 332 g/mol. The number of carboxylic acid groups (broad SMARTS) is 1. The van der Waals surface area contributed by atoms with Crippen molar-refractivity contribution in [3.63, 3.8) is 0 Å². The van der Waals surface area contributed by atoms with Gasteiger partial charge in [-0.2, -0.15) is 0 Å². The smallest absolute Gasteiger partial charge is 0.305 e. The molecule has 0 aliphatic heterocycles. The van der Waals surface area contributed by atoms with E-state index in [0.29, 0.717) is 16.6 Å². The van der Waals surface area contributed by atoms with Crippen molar-refractivity contribution in [3.8, 4) is 0 Å². The molecule has 0 radical (unpaired) electrons. The Bertz CT molecular complexity index is 479. The lowest BCUT2D eigenvalue weighted by Gasteiger charge is -2.20. The maximum absolute atomic E-state index is 13.1. The Morgan fingerprint density at radius 1 is 1.42 bits per heavy atom. The Kier molecular flexibility index (Phi) is 5.95. The molecule has 0 aliphatic rings. The molecule has 1 rings (SSSR count). The summed E-state index contributed by atoms with van der Waals surface area (Å²) in [6.45, 7) is 2.37. The molecule has 0 heterocycles. The van der Waals surface area contributed by atoms with Gasteiger partial charge in [-0.1, -0.05) is 15.9 Å². The summed E-state index contributed by atoms with van der Waals surface area (Å²) in [6, 6.07) is 4.15. The molecule has 0 fully saturated rings. The molecule has 1 N–H and O–H groups in total. The molecule has 1 aromatic carbocycles. The van der Waals surface area contributed by atoms with Crippen LogP contribution in [0.5, 0.6) is 0 Å². The molecule has 6 heteroatoms. The summed E-state index contributed by atoms with van der Waals surface area (Å²) in [5, 5.41) is 8.61. The summed E-state index contributed by atoms with van der Waals surface area (Å²) in [5.74, 6) is -1.56.